The van der Waals surface area contributed by atoms with Gasteiger partial charge >= 0.3 is 0 Å². The Kier molecular flexibility index (Phi) is 5.37. The van der Waals surface area contributed by atoms with Crippen molar-refractivity contribution in [2.75, 3.05) is 13.1 Å². The minimum absolute atomic E-state index is 0.134. The van der Waals surface area contributed by atoms with E-state index in [0.717, 1.165) is 34.9 Å². The summed E-state index contributed by atoms with van der Waals surface area (Å²) in [5, 5.41) is 10.9. The monoisotopic (exact) mass is 407 g/mol. The van der Waals surface area contributed by atoms with Crippen LogP contribution in [0.15, 0.2) is 54.2 Å². The fourth-order valence-corrected chi connectivity index (χ4v) is 3.97. The molecule has 1 fully saturated rings. The predicted molar refractivity (Wildman–Crippen MR) is 112 cm³/mol. The minimum Gasteiger partial charge on any atom is -0.342 e. The molecular formula is C23H19ClFN3O. The Hall–Kier alpha value is -3.10. The number of benzene rings is 2. The molecule has 1 aliphatic heterocycles. The molecule has 29 heavy (non-hydrogen) atoms. The Morgan fingerprint density at radius 1 is 1.21 bits per heavy atom. The normalized spacial score (nSPS) is 14.4. The van der Waals surface area contributed by atoms with Gasteiger partial charge in [0.05, 0.1) is 0 Å². The predicted octanol–water partition coefficient (Wildman–Crippen LogP) is 5.01. The Morgan fingerprint density at radius 2 is 1.97 bits per heavy atom. The number of aromatic nitrogens is 1. The number of carbonyl (C=O) groups is 1. The van der Waals surface area contributed by atoms with Crippen molar-refractivity contribution in [1.29, 1.82) is 5.26 Å². The van der Waals surface area contributed by atoms with Gasteiger partial charge in [-0.15, -0.1) is 0 Å². The van der Waals surface area contributed by atoms with Gasteiger partial charge in [0.25, 0.3) is 5.91 Å². The maximum absolute atomic E-state index is 13.4. The molecule has 0 aliphatic carbocycles. The van der Waals surface area contributed by atoms with Gasteiger partial charge in [0.15, 0.2) is 0 Å². The van der Waals surface area contributed by atoms with Gasteiger partial charge in [-0.05, 0) is 42.7 Å². The highest BCUT2D eigenvalue weighted by atomic mass is 35.5. The number of hydrogen-bond donors (Lipinski definition) is 0. The van der Waals surface area contributed by atoms with Crippen LogP contribution in [0.2, 0.25) is 5.02 Å². The second kappa shape index (κ2) is 8.10. The molecule has 4 nitrogen and oxygen atoms in total. The standard InChI is InChI=1S/C23H19ClFN3O/c24-21-12-19(25)8-7-16(21)14-28-15-18(20-5-1-2-6-22(20)28)11-17(13-26)23(29)27-9-3-4-10-27/h1-2,5-8,11-12,15H,3-4,9-10,14H2/b17-11+. The van der Waals surface area contributed by atoms with E-state index >= 15 is 0 Å². The summed E-state index contributed by atoms with van der Waals surface area (Å²) < 4.78 is 15.4. The largest absolute Gasteiger partial charge is 0.342 e. The van der Waals surface area contributed by atoms with Crippen molar-refractivity contribution in [2.24, 2.45) is 0 Å². The molecule has 0 unspecified atom stereocenters. The topological polar surface area (TPSA) is 49.0 Å². The summed E-state index contributed by atoms with van der Waals surface area (Å²) in [6, 6.07) is 14.2. The van der Waals surface area contributed by atoms with Crippen molar-refractivity contribution < 1.29 is 9.18 Å². The van der Waals surface area contributed by atoms with Gasteiger partial charge in [0, 0.05) is 47.3 Å². The Morgan fingerprint density at radius 3 is 2.69 bits per heavy atom. The van der Waals surface area contributed by atoms with E-state index < -0.39 is 0 Å². The van der Waals surface area contributed by atoms with Gasteiger partial charge < -0.3 is 9.47 Å². The Labute approximate surface area is 173 Å². The maximum atomic E-state index is 13.4. The van der Waals surface area contributed by atoms with Crippen molar-refractivity contribution in [3.05, 3.63) is 76.2 Å². The van der Waals surface area contributed by atoms with Gasteiger partial charge in [0.2, 0.25) is 0 Å². The van der Waals surface area contributed by atoms with E-state index in [-0.39, 0.29) is 17.3 Å². The minimum atomic E-state index is -0.376. The summed E-state index contributed by atoms with van der Waals surface area (Å²) in [5.41, 5.74) is 2.67. The highest BCUT2D eigenvalue weighted by Crippen LogP contribution is 2.27. The summed E-state index contributed by atoms with van der Waals surface area (Å²) in [5.74, 6) is -0.595. The lowest BCUT2D eigenvalue weighted by molar-refractivity contribution is -0.125. The molecule has 1 aromatic heterocycles. The van der Waals surface area contributed by atoms with Gasteiger partial charge in [-0.1, -0.05) is 35.9 Å². The molecule has 2 heterocycles. The molecule has 0 radical (unpaired) electrons. The third kappa shape index (κ3) is 3.90. The molecule has 1 amide bonds. The fraction of sp³-hybridized carbons (Fsp3) is 0.217. The second-order valence-corrected chi connectivity index (χ2v) is 7.54. The zero-order valence-corrected chi connectivity index (χ0v) is 16.5. The van der Waals surface area contributed by atoms with Crippen LogP contribution in [-0.4, -0.2) is 28.5 Å². The molecule has 0 bridgehead atoms. The summed E-state index contributed by atoms with van der Waals surface area (Å²) in [7, 11) is 0. The average molecular weight is 408 g/mol. The van der Waals surface area contributed by atoms with E-state index in [1.807, 2.05) is 35.0 Å². The van der Waals surface area contributed by atoms with E-state index in [4.69, 9.17) is 11.6 Å². The van der Waals surface area contributed by atoms with Crippen LogP contribution in [0.5, 0.6) is 0 Å². The number of halogens is 2. The number of rotatable bonds is 4. The third-order valence-electron chi connectivity index (χ3n) is 5.22. The number of likely N-dealkylation sites (tertiary alicyclic amines) is 1. The smallest absolute Gasteiger partial charge is 0.264 e. The molecule has 1 saturated heterocycles. The first kappa shape index (κ1) is 19.2. The summed E-state index contributed by atoms with van der Waals surface area (Å²) in [4.78, 5) is 14.4. The van der Waals surface area contributed by atoms with E-state index in [0.29, 0.717) is 24.7 Å². The number of amides is 1. The van der Waals surface area contributed by atoms with Gasteiger partial charge in [-0.2, -0.15) is 5.26 Å². The van der Waals surface area contributed by atoms with Crippen molar-refractivity contribution in [3.8, 4) is 6.07 Å². The number of nitriles is 1. The molecule has 0 spiro atoms. The van der Waals surface area contributed by atoms with Crippen LogP contribution >= 0.6 is 11.6 Å². The Balaban J connectivity index is 1.74. The zero-order chi connectivity index (χ0) is 20.4. The molecule has 1 aliphatic rings. The molecule has 0 saturated carbocycles. The molecule has 146 valence electrons. The van der Waals surface area contributed by atoms with Crippen molar-refractivity contribution in [1.82, 2.24) is 9.47 Å². The number of nitrogens with zero attached hydrogens (tertiary/aromatic N) is 3. The van der Waals surface area contributed by atoms with Crippen LogP contribution in [0.25, 0.3) is 17.0 Å². The Bertz CT molecular complexity index is 1150. The van der Waals surface area contributed by atoms with Crippen LogP contribution in [0, 0.1) is 17.1 Å². The molecule has 4 rings (SSSR count). The van der Waals surface area contributed by atoms with E-state index in [2.05, 4.69) is 6.07 Å². The number of hydrogen-bond acceptors (Lipinski definition) is 2. The first-order chi connectivity index (χ1) is 14.1. The summed E-state index contributed by atoms with van der Waals surface area (Å²) >= 11 is 6.20. The summed E-state index contributed by atoms with van der Waals surface area (Å²) in [6.07, 6.45) is 5.51. The third-order valence-corrected chi connectivity index (χ3v) is 5.57. The SMILES string of the molecule is N#C/C(=C\c1cn(Cc2ccc(F)cc2Cl)c2ccccc12)C(=O)N1CCCC1. The average Bonchev–Trinajstić information content (AvgIpc) is 3.37. The highest BCUT2D eigenvalue weighted by Gasteiger charge is 2.22. The molecule has 0 atom stereocenters. The van der Waals surface area contributed by atoms with Gasteiger partial charge in [-0.3, -0.25) is 4.79 Å². The lowest BCUT2D eigenvalue weighted by Gasteiger charge is -2.13. The fourth-order valence-electron chi connectivity index (χ4n) is 3.74. The molecule has 3 aromatic rings. The maximum Gasteiger partial charge on any atom is 0.264 e. The molecule has 6 heteroatoms. The first-order valence-electron chi connectivity index (χ1n) is 9.49. The molecular weight excluding hydrogens is 389 g/mol. The zero-order valence-electron chi connectivity index (χ0n) is 15.7. The van der Waals surface area contributed by atoms with Gasteiger partial charge in [-0.25, -0.2) is 4.39 Å². The van der Waals surface area contributed by atoms with Crippen LogP contribution in [0.3, 0.4) is 0 Å². The number of fused-ring (bicyclic) bond motifs is 1. The molecule has 0 N–H and O–H groups in total. The lowest BCUT2D eigenvalue weighted by Crippen LogP contribution is -2.28. The number of carbonyl (C=O) groups excluding carboxylic acids is 1. The lowest BCUT2D eigenvalue weighted by atomic mass is 10.1. The van der Waals surface area contributed by atoms with E-state index in [1.54, 1.807) is 17.0 Å². The van der Waals surface area contributed by atoms with Crippen LogP contribution < -0.4 is 0 Å². The van der Waals surface area contributed by atoms with Crippen LogP contribution in [0.4, 0.5) is 4.39 Å². The van der Waals surface area contributed by atoms with Crippen molar-refractivity contribution in [3.63, 3.8) is 0 Å². The summed E-state index contributed by atoms with van der Waals surface area (Å²) in [6.45, 7) is 1.85. The molecule has 2 aromatic carbocycles. The van der Waals surface area contributed by atoms with E-state index in [9.17, 15) is 14.4 Å². The van der Waals surface area contributed by atoms with Crippen LogP contribution in [-0.2, 0) is 11.3 Å². The number of para-hydroxylation sites is 1. The quantitative estimate of drug-likeness (QED) is 0.450. The highest BCUT2D eigenvalue weighted by molar-refractivity contribution is 6.31. The second-order valence-electron chi connectivity index (χ2n) is 7.13. The first-order valence-corrected chi connectivity index (χ1v) is 9.87. The van der Waals surface area contributed by atoms with Gasteiger partial charge in [0.1, 0.15) is 17.5 Å². The van der Waals surface area contributed by atoms with Crippen molar-refractivity contribution in [2.45, 2.75) is 19.4 Å². The van der Waals surface area contributed by atoms with Crippen molar-refractivity contribution >= 4 is 34.5 Å². The van der Waals surface area contributed by atoms with E-state index in [1.165, 1.54) is 12.1 Å². The van der Waals surface area contributed by atoms with Crippen LogP contribution in [0.1, 0.15) is 24.0 Å².